The van der Waals surface area contributed by atoms with E-state index in [0.717, 1.165) is 6.07 Å². The normalized spacial score (nSPS) is 10.5. The Labute approximate surface area is 129 Å². The molecule has 21 heavy (non-hydrogen) atoms. The monoisotopic (exact) mass is 329 g/mol. The molecule has 0 aliphatic carbocycles. The number of hydrogen-bond donors (Lipinski definition) is 2. The van der Waals surface area contributed by atoms with Crippen molar-refractivity contribution in [3.63, 3.8) is 0 Å². The minimum Gasteiger partial charge on any atom is -0.464 e. The number of esters is 1. The molecule has 0 spiro atoms. The highest BCUT2D eigenvalue weighted by atomic mass is 35.5. The van der Waals surface area contributed by atoms with E-state index < -0.39 is 11.8 Å². The van der Waals surface area contributed by atoms with Gasteiger partial charge in [-0.15, -0.1) is 0 Å². The summed E-state index contributed by atoms with van der Waals surface area (Å²) in [6.45, 7) is 0. The maximum atomic E-state index is 14.1. The van der Waals surface area contributed by atoms with Gasteiger partial charge < -0.3 is 16.2 Å². The number of rotatable bonds is 2. The zero-order chi connectivity index (χ0) is 15.7. The van der Waals surface area contributed by atoms with Crippen molar-refractivity contribution in [2.24, 2.45) is 0 Å². The van der Waals surface area contributed by atoms with Gasteiger partial charge in [-0.25, -0.2) is 14.2 Å². The molecule has 0 radical (unpaired) electrons. The summed E-state index contributed by atoms with van der Waals surface area (Å²) in [6, 6.07) is 3.83. The van der Waals surface area contributed by atoms with Crippen molar-refractivity contribution < 1.29 is 13.9 Å². The Morgan fingerprint density at radius 2 is 2.00 bits per heavy atom. The fraction of sp³-hybridized carbons (Fsp3) is 0.0769. The van der Waals surface area contributed by atoms with Crippen LogP contribution in [0.25, 0.3) is 11.3 Å². The van der Waals surface area contributed by atoms with E-state index in [2.05, 4.69) is 9.72 Å². The fourth-order valence-electron chi connectivity index (χ4n) is 1.75. The van der Waals surface area contributed by atoms with Gasteiger partial charge in [0.15, 0.2) is 5.69 Å². The standard InChI is InChI=1S/C13H10Cl2FN3O2/c1-21-13(20)12-5(14)2-3-8(19-12)9-6(16)4-7(17)10(15)11(9)18/h2-4H,17-18H2,1H3. The second-order valence-corrected chi connectivity index (χ2v) is 4.85. The van der Waals surface area contributed by atoms with E-state index in [4.69, 9.17) is 34.7 Å². The lowest BCUT2D eigenvalue weighted by Crippen LogP contribution is -2.07. The summed E-state index contributed by atoms with van der Waals surface area (Å²) < 4.78 is 18.6. The molecule has 4 N–H and O–H groups in total. The van der Waals surface area contributed by atoms with Crippen LogP contribution in [0.1, 0.15) is 10.5 Å². The molecule has 0 saturated carbocycles. The van der Waals surface area contributed by atoms with Crippen LogP contribution in [0, 0.1) is 5.82 Å². The lowest BCUT2D eigenvalue weighted by molar-refractivity contribution is 0.0594. The molecule has 110 valence electrons. The molecule has 0 aliphatic rings. The third-order valence-corrected chi connectivity index (χ3v) is 3.49. The topological polar surface area (TPSA) is 91.2 Å². The Morgan fingerprint density at radius 1 is 1.33 bits per heavy atom. The first-order valence-corrected chi connectivity index (χ1v) is 6.40. The van der Waals surface area contributed by atoms with Gasteiger partial charge in [0, 0.05) is 0 Å². The van der Waals surface area contributed by atoms with Crippen LogP contribution in [0.15, 0.2) is 18.2 Å². The van der Waals surface area contributed by atoms with E-state index >= 15 is 0 Å². The van der Waals surface area contributed by atoms with Gasteiger partial charge >= 0.3 is 5.97 Å². The zero-order valence-electron chi connectivity index (χ0n) is 10.8. The van der Waals surface area contributed by atoms with Crippen LogP contribution >= 0.6 is 23.2 Å². The smallest absolute Gasteiger partial charge is 0.358 e. The van der Waals surface area contributed by atoms with Gasteiger partial charge in [-0.3, -0.25) is 0 Å². The number of nitrogen functional groups attached to an aromatic ring is 2. The van der Waals surface area contributed by atoms with Crippen molar-refractivity contribution in [2.75, 3.05) is 18.6 Å². The Morgan fingerprint density at radius 3 is 2.62 bits per heavy atom. The van der Waals surface area contributed by atoms with Crippen LogP contribution in [0.4, 0.5) is 15.8 Å². The second kappa shape index (κ2) is 5.75. The number of carbonyl (C=O) groups excluding carboxylic acids is 1. The molecular formula is C13H10Cl2FN3O2. The Bertz CT molecular complexity index is 738. The number of carbonyl (C=O) groups is 1. The number of aromatic nitrogens is 1. The molecule has 0 saturated heterocycles. The molecule has 0 atom stereocenters. The largest absolute Gasteiger partial charge is 0.464 e. The molecular weight excluding hydrogens is 320 g/mol. The Balaban J connectivity index is 2.69. The zero-order valence-corrected chi connectivity index (χ0v) is 12.3. The molecule has 1 aromatic carbocycles. The third-order valence-electron chi connectivity index (χ3n) is 2.76. The predicted molar refractivity (Wildman–Crippen MR) is 79.8 cm³/mol. The van der Waals surface area contributed by atoms with Gasteiger partial charge in [0.25, 0.3) is 0 Å². The summed E-state index contributed by atoms with van der Waals surface area (Å²) in [5.41, 5.74) is 11.1. The van der Waals surface area contributed by atoms with Gasteiger partial charge in [0.1, 0.15) is 5.82 Å². The van der Waals surface area contributed by atoms with Gasteiger partial charge in [-0.2, -0.15) is 0 Å². The number of hydrogen-bond acceptors (Lipinski definition) is 5. The van der Waals surface area contributed by atoms with E-state index in [1.807, 2.05) is 0 Å². The van der Waals surface area contributed by atoms with Crippen LogP contribution < -0.4 is 11.5 Å². The van der Waals surface area contributed by atoms with E-state index in [1.165, 1.54) is 19.2 Å². The van der Waals surface area contributed by atoms with E-state index in [-0.39, 0.29) is 38.4 Å². The molecule has 5 nitrogen and oxygen atoms in total. The van der Waals surface area contributed by atoms with Crippen molar-refractivity contribution in [3.8, 4) is 11.3 Å². The molecule has 8 heteroatoms. The minimum atomic E-state index is -0.748. The molecule has 0 amide bonds. The van der Waals surface area contributed by atoms with Gasteiger partial charge in [0.05, 0.1) is 39.8 Å². The van der Waals surface area contributed by atoms with Crippen molar-refractivity contribution in [1.29, 1.82) is 0 Å². The highest BCUT2D eigenvalue weighted by Gasteiger charge is 2.20. The van der Waals surface area contributed by atoms with Crippen LogP contribution in [-0.4, -0.2) is 18.1 Å². The average molecular weight is 330 g/mol. The van der Waals surface area contributed by atoms with Gasteiger partial charge in [0.2, 0.25) is 0 Å². The van der Waals surface area contributed by atoms with Crippen LogP contribution in [0.3, 0.4) is 0 Å². The Kier molecular flexibility index (Phi) is 4.20. The molecule has 0 aliphatic heterocycles. The van der Waals surface area contributed by atoms with Crippen LogP contribution in [0.5, 0.6) is 0 Å². The first-order chi connectivity index (χ1) is 9.86. The Hall–Kier alpha value is -2.05. The van der Waals surface area contributed by atoms with E-state index in [0.29, 0.717) is 0 Å². The maximum Gasteiger partial charge on any atom is 0.358 e. The van der Waals surface area contributed by atoms with Crippen molar-refractivity contribution in [2.45, 2.75) is 0 Å². The lowest BCUT2D eigenvalue weighted by Gasteiger charge is -2.11. The number of pyridine rings is 1. The molecule has 2 aromatic rings. The fourth-order valence-corrected chi connectivity index (χ4v) is 2.08. The summed E-state index contributed by atoms with van der Waals surface area (Å²) in [5.74, 6) is -1.46. The number of benzene rings is 1. The number of anilines is 2. The predicted octanol–water partition coefficient (Wildman–Crippen LogP) is 3.15. The van der Waals surface area contributed by atoms with Gasteiger partial charge in [-0.05, 0) is 18.2 Å². The summed E-state index contributed by atoms with van der Waals surface area (Å²) >= 11 is 11.8. The molecule has 0 unspecified atom stereocenters. The number of halogens is 3. The number of nitrogens with two attached hydrogens (primary N) is 2. The lowest BCUT2D eigenvalue weighted by atomic mass is 10.1. The first kappa shape index (κ1) is 15.3. The number of ether oxygens (including phenoxy) is 1. The molecule has 0 bridgehead atoms. The van der Waals surface area contributed by atoms with Gasteiger partial charge in [-0.1, -0.05) is 23.2 Å². The number of nitrogens with zero attached hydrogens (tertiary/aromatic N) is 1. The highest BCUT2D eigenvalue weighted by molar-refractivity contribution is 6.36. The highest BCUT2D eigenvalue weighted by Crippen LogP contribution is 2.37. The van der Waals surface area contributed by atoms with E-state index in [9.17, 15) is 9.18 Å². The van der Waals surface area contributed by atoms with Crippen molar-refractivity contribution in [3.05, 3.63) is 39.8 Å². The summed E-state index contributed by atoms with van der Waals surface area (Å²) in [4.78, 5) is 15.5. The van der Waals surface area contributed by atoms with Crippen LogP contribution in [-0.2, 0) is 4.74 Å². The summed E-state index contributed by atoms with van der Waals surface area (Å²) in [6.07, 6.45) is 0. The first-order valence-electron chi connectivity index (χ1n) is 5.65. The SMILES string of the molecule is COC(=O)c1nc(-c2c(F)cc(N)c(Cl)c2N)ccc1Cl. The van der Waals surface area contributed by atoms with Crippen molar-refractivity contribution >= 4 is 40.5 Å². The minimum absolute atomic E-state index is 0.0116. The molecule has 0 fully saturated rings. The van der Waals surface area contributed by atoms with Crippen molar-refractivity contribution in [1.82, 2.24) is 4.98 Å². The van der Waals surface area contributed by atoms with Crippen LogP contribution in [0.2, 0.25) is 10.0 Å². The molecule has 2 rings (SSSR count). The third kappa shape index (κ3) is 2.72. The molecule has 1 aromatic heterocycles. The summed E-state index contributed by atoms with van der Waals surface area (Å²) in [7, 11) is 1.18. The average Bonchev–Trinajstić information content (AvgIpc) is 2.45. The second-order valence-electron chi connectivity index (χ2n) is 4.07. The maximum absolute atomic E-state index is 14.1. The van der Waals surface area contributed by atoms with E-state index in [1.54, 1.807) is 0 Å². The molecule has 1 heterocycles. The quantitative estimate of drug-likeness (QED) is 0.652. The number of methoxy groups -OCH3 is 1. The summed E-state index contributed by atoms with van der Waals surface area (Å²) in [5, 5.41) is 0.0916.